The summed E-state index contributed by atoms with van der Waals surface area (Å²) in [5.41, 5.74) is 17.3. The number of hydrogen-bond donors (Lipinski definition) is 5. The van der Waals surface area contributed by atoms with E-state index >= 15 is 0 Å². The number of aromatic carboxylic acids is 1. The Morgan fingerprint density at radius 2 is 0.949 bits per heavy atom. The van der Waals surface area contributed by atoms with Gasteiger partial charge in [0.25, 0.3) is 17.7 Å². The number of nitrogens with two attached hydrogens (primary N) is 1. The molecule has 0 bridgehead atoms. The van der Waals surface area contributed by atoms with Crippen LogP contribution >= 0.6 is 0 Å². The molecule has 0 spiro atoms. The normalized spacial score (nSPS) is 12.7. The van der Waals surface area contributed by atoms with Crippen LogP contribution in [0.25, 0.3) is 0 Å². The second kappa shape index (κ2) is 27.1. The maximum Gasteiger partial charge on any atom is 0.338 e. The van der Waals surface area contributed by atoms with Crippen molar-refractivity contribution in [1.82, 2.24) is 9.80 Å². The van der Waals surface area contributed by atoms with Crippen LogP contribution in [0.2, 0.25) is 0 Å². The minimum Gasteiger partial charge on any atom is -0.493 e. The number of para-hydroxylation sites is 2. The number of carbonyl (C=O) groups excluding carboxylic acids is 3. The number of carbonyl (C=O) groups is 4. The lowest BCUT2D eigenvalue weighted by Gasteiger charge is -2.29. The van der Waals surface area contributed by atoms with Gasteiger partial charge in [0, 0.05) is 56.3 Å². The molecule has 6 aromatic carbocycles. The third-order valence-electron chi connectivity index (χ3n) is 13.6. The highest BCUT2D eigenvalue weighted by molar-refractivity contribution is 6.12. The van der Waals surface area contributed by atoms with Crippen LogP contribution in [-0.2, 0) is 38.8 Å². The summed E-state index contributed by atoms with van der Waals surface area (Å²) in [7, 11) is 6.67. The lowest BCUT2D eigenvalue weighted by atomic mass is 9.98. The van der Waals surface area contributed by atoms with E-state index in [0.29, 0.717) is 33.8 Å². The summed E-state index contributed by atoms with van der Waals surface area (Å²) in [6.45, 7) is 5.70. The van der Waals surface area contributed by atoms with Crippen molar-refractivity contribution in [2.24, 2.45) is 0 Å². The first-order chi connectivity index (χ1) is 38.4. The number of nitrogens with zero attached hydrogens (tertiary/aromatic N) is 2. The van der Waals surface area contributed by atoms with Gasteiger partial charge in [-0.2, -0.15) is 0 Å². The van der Waals surface area contributed by atoms with E-state index in [1.807, 2.05) is 42.5 Å². The van der Waals surface area contributed by atoms with Crippen LogP contribution in [0.1, 0.15) is 74.8 Å². The first-order valence-corrected chi connectivity index (χ1v) is 25.7. The monoisotopic (exact) mass is 1070 g/mol. The first kappa shape index (κ1) is 55.9. The van der Waals surface area contributed by atoms with Gasteiger partial charge in [0.1, 0.15) is 12.5 Å². The third kappa shape index (κ3) is 15.0. The predicted octanol–water partition coefficient (Wildman–Crippen LogP) is 10.5. The molecule has 3 amide bonds. The van der Waals surface area contributed by atoms with Gasteiger partial charge in [0.15, 0.2) is 23.0 Å². The maximum atomic E-state index is 13.0. The van der Waals surface area contributed by atoms with Crippen LogP contribution in [0, 0.1) is 0 Å². The smallest absolute Gasteiger partial charge is 0.338 e. The van der Waals surface area contributed by atoms with Crippen molar-refractivity contribution in [2.75, 3.05) is 76.3 Å². The number of furan rings is 2. The predicted molar refractivity (Wildman–Crippen MR) is 303 cm³/mol. The molecule has 0 aliphatic carbocycles. The summed E-state index contributed by atoms with van der Waals surface area (Å²) in [5.74, 6) is 1.31. The van der Waals surface area contributed by atoms with Crippen LogP contribution < -0.4 is 40.6 Å². The molecule has 4 heterocycles. The number of carboxylic acid groups (broad SMARTS) is 1. The molecule has 17 heteroatoms. The highest BCUT2D eigenvalue weighted by Crippen LogP contribution is 2.35. The molecular formula is C62H64N6O11. The van der Waals surface area contributed by atoms with Gasteiger partial charge in [-0.25, -0.2) is 4.79 Å². The van der Waals surface area contributed by atoms with Crippen LogP contribution in [0.4, 0.5) is 22.7 Å². The van der Waals surface area contributed by atoms with Gasteiger partial charge in [-0.3, -0.25) is 24.2 Å². The third-order valence-corrected chi connectivity index (χ3v) is 13.6. The Balaban J connectivity index is 0.000000185. The molecule has 2 aromatic heterocycles. The number of methoxy groups -OCH3 is 4. The van der Waals surface area contributed by atoms with Gasteiger partial charge in [0.05, 0.1) is 68.9 Å². The van der Waals surface area contributed by atoms with Crippen molar-refractivity contribution >= 4 is 46.4 Å². The number of rotatable bonds is 17. The minimum absolute atomic E-state index is 0.185. The van der Waals surface area contributed by atoms with Crippen molar-refractivity contribution in [2.45, 2.75) is 38.8 Å². The van der Waals surface area contributed by atoms with Crippen LogP contribution in [0.3, 0.4) is 0 Å². The van der Waals surface area contributed by atoms with Crippen LogP contribution in [0.5, 0.6) is 23.0 Å². The standard InChI is InChI=1S/C31H31N3O5.C26H29N3O3.C5H4O3/c1-37-28-17-22-12-15-34(19-24(22)18-29(28)38-2)14-11-21-7-9-25(10-8-21)32-31(36)26-5-3-4-6-27(26)33-30(35)23-13-16-39-20-23;1-31-24-15-19-12-14-29(17-20(19)16-25(24)32-2)13-11-18-7-9-21(10-8-18)28-26(30)22-5-3-4-6-23(22)27;6-5(7)4-1-2-8-3-4/h3-10,13,16-18,20H,11-12,14-15,19H2,1-2H3,(H,32,36)(H,33,35);3-10,15-16H,11-14,17,27H2,1-2H3,(H,28,30);1-3H,(H,6,7). The summed E-state index contributed by atoms with van der Waals surface area (Å²) in [6, 6.07) is 41.2. The minimum atomic E-state index is -0.959. The fourth-order valence-electron chi connectivity index (χ4n) is 9.21. The summed E-state index contributed by atoms with van der Waals surface area (Å²) in [6.07, 6.45) is 9.12. The first-order valence-electron chi connectivity index (χ1n) is 25.7. The maximum absolute atomic E-state index is 13.0. The van der Waals surface area contributed by atoms with Crippen molar-refractivity contribution in [3.05, 3.63) is 214 Å². The highest BCUT2D eigenvalue weighted by Gasteiger charge is 2.22. The number of carboxylic acids is 1. The molecule has 0 radical (unpaired) electrons. The molecule has 2 aliphatic heterocycles. The van der Waals surface area contributed by atoms with E-state index in [1.54, 1.807) is 77.0 Å². The molecule has 408 valence electrons. The van der Waals surface area contributed by atoms with Gasteiger partial charge in [-0.1, -0.05) is 48.5 Å². The summed E-state index contributed by atoms with van der Waals surface area (Å²) in [5, 5.41) is 16.8. The van der Waals surface area contributed by atoms with Crippen molar-refractivity contribution in [3.63, 3.8) is 0 Å². The molecule has 17 nitrogen and oxygen atoms in total. The molecule has 79 heavy (non-hydrogen) atoms. The van der Waals surface area contributed by atoms with Crippen molar-refractivity contribution < 1.29 is 52.1 Å². The van der Waals surface area contributed by atoms with Gasteiger partial charge in [0.2, 0.25) is 0 Å². The topological polar surface area (TPSA) is 220 Å². The van der Waals surface area contributed by atoms with Gasteiger partial charge < -0.3 is 54.6 Å². The van der Waals surface area contributed by atoms with Gasteiger partial charge in [-0.15, -0.1) is 0 Å². The van der Waals surface area contributed by atoms with E-state index in [2.05, 4.69) is 66.6 Å². The number of hydrogen-bond acceptors (Lipinski definition) is 13. The average molecular weight is 1070 g/mol. The largest absolute Gasteiger partial charge is 0.493 e. The number of ether oxygens (including phenoxy) is 4. The second-order valence-corrected chi connectivity index (χ2v) is 18.7. The Bertz CT molecular complexity index is 3330. The fourth-order valence-corrected chi connectivity index (χ4v) is 9.21. The fraction of sp³-hybridized carbons (Fsp3) is 0.226. The molecule has 0 saturated heterocycles. The molecule has 0 saturated carbocycles. The molecular weight excluding hydrogens is 1000 g/mol. The van der Waals surface area contributed by atoms with E-state index in [4.69, 9.17) is 34.2 Å². The molecule has 0 fully saturated rings. The molecule has 0 atom stereocenters. The Labute approximate surface area is 458 Å². The summed E-state index contributed by atoms with van der Waals surface area (Å²) < 4.78 is 31.3. The Morgan fingerprint density at radius 1 is 0.519 bits per heavy atom. The lowest BCUT2D eigenvalue weighted by molar-refractivity contribution is 0.0695. The molecule has 2 aliphatic rings. The van der Waals surface area contributed by atoms with Crippen molar-refractivity contribution in [3.8, 4) is 23.0 Å². The summed E-state index contributed by atoms with van der Waals surface area (Å²) in [4.78, 5) is 52.8. The molecule has 6 N–H and O–H groups in total. The molecule has 8 aromatic rings. The van der Waals surface area contributed by atoms with E-state index in [0.717, 1.165) is 93.6 Å². The van der Waals surface area contributed by atoms with Crippen molar-refractivity contribution in [1.29, 1.82) is 0 Å². The lowest BCUT2D eigenvalue weighted by Crippen LogP contribution is -2.32. The molecule has 10 rings (SSSR count). The quantitative estimate of drug-likeness (QED) is 0.0536. The zero-order valence-corrected chi connectivity index (χ0v) is 44.6. The average Bonchev–Trinajstić information content (AvgIpc) is 4.26. The van der Waals surface area contributed by atoms with Crippen LogP contribution in [0.15, 0.2) is 167 Å². The van der Waals surface area contributed by atoms with Gasteiger partial charge in [-0.05, 0) is 144 Å². The second-order valence-electron chi connectivity index (χ2n) is 18.7. The zero-order chi connectivity index (χ0) is 55.7. The number of nitrogens with one attached hydrogen (secondary N) is 3. The number of anilines is 4. The molecule has 0 unspecified atom stereocenters. The SMILES string of the molecule is COc1cc2c(cc1OC)CN(CCc1ccc(NC(=O)c3ccccc3N)cc1)CC2.COc1cc2c(cc1OC)CN(CCc1ccc(NC(=O)c3ccccc3NC(=O)c3ccoc3)cc1)CC2.O=C(O)c1ccoc1. The summed E-state index contributed by atoms with van der Waals surface area (Å²) >= 11 is 0. The Hall–Kier alpha value is -9.32. The Kier molecular flexibility index (Phi) is 19.2. The number of nitrogen functional groups attached to an aromatic ring is 1. The number of amides is 3. The van der Waals surface area contributed by atoms with Gasteiger partial charge >= 0.3 is 5.97 Å². The van der Waals surface area contributed by atoms with E-state index in [1.165, 1.54) is 64.5 Å². The number of benzene rings is 6. The Morgan fingerprint density at radius 3 is 1.38 bits per heavy atom. The van der Waals surface area contributed by atoms with Crippen LogP contribution in [-0.4, -0.2) is 93.2 Å². The van der Waals surface area contributed by atoms with E-state index in [9.17, 15) is 19.2 Å². The highest BCUT2D eigenvalue weighted by atomic mass is 16.5. The zero-order valence-electron chi connectivity index (χ0n) is 44.6. The number of fused-ring (bicyclic) bond motifs is 2. The van der Waals surface area contributed by atoms with E-state index in [-0.39, 0.29) is 23.3 Å². The van der Waals surface area contributed by atoms with E-state index < -0.39 is 5.97 Å².